The Morgan fingerprint density at radius 3 is 2.43 bits per heavy atom. The van der Waals surface area contributed by atoms with Crippen LogP contribution in [0.4, 0.5) is 11.6 Å². The van der Waals surface area contributed by atoms with E-state index in [1.165, 1.54) is 12.8 Å². The Morgan fingerprint density at radius 1 is 1.13 bits per heavy atom. The van der Waals surface area contributed by atoms with Crippen LogP contribution in [0, 0.1) is 5.92 Å². The summed E-state index contributed by atoms with van der Waals surface area (Å²) in [7, 11) is 0. The molecule has 2 heterocycles. The van der Waals surface area contributed by atoms with Gasteiger partial charge in [-0.1, -0.05) is 22.9 Å². The highest BCUT2D eigenvalue weighted by Gasteiger charge is 2.17. The van der Waals surface area contributed by atoms with Crippen LogP contribution < -0.4 is 10.2 Å². The number of aromatic nitrogens is 2. The zero-order valence-electron chi connectivity index (χ0n) is 13.0. The number of hydrogen-bond acceptors (Lipinski definition) is 4. The first-order chi connectivity index (χ1) is 11.1. The van der Waals surface area contributed by atoms with Crippen LogP contribution >= 0.6 is 15.9 Å². The van der Waals surface area contributed by atoms with Crippen LogP contribution in [0.15, 0.2) is 40.9 Å². The van der Waals surface area contributed by atoms with Gasteiger partial charge < -0.3 is 10.2 Å². The molecule has 2 aromatic rings. The van der Waals surface area contributed by atoms with Crippen molar-refractivity contribution in [1.82, 2.24) is 10.2 Å². The first kappa shape index (κ1) is 15.9. The van der Waals surface area contributed by atoms with Gasteiger partial charge in [-0.3, -0.25) is 4.79 Å². The highest BCUT2D eigenvalue weighted by atomic mass is 79.9. The lowest BCUT2D eigenvalue weighted by Crippen LogP contribution is -2.33. The molecule has 0 spiro atoms. The Balaban J connectivity index is 1.63. The number of anilines is 2. The molecule has 1 saturated heterocycles. The van der Waals surface area contributed by atoms with Crippen LogP contribution in [0.3, 0.4) is 0 Å². The van der Waals surface area contributed by atoms with E-state index in [1.54, 1.807) is 18.2 Å². The minimum absolute atomic E-state index is 0.189. The maximum atomic E-state index is 12.1. The van der Waals surface area contributed by atoms with E-state index in [0.717, 1.165) is 29.3 Å². The number of hydrogen-bond donors (Lipinski definition) is 1. The average Bonchev–Trinajstić information content (AvgIpc) is 2.57. The van der Waals surface area contributed by atoms with Crippen molar-refractivity contribution in [3.63, 3.8) is 0 Å². The van der Waals surface area contributed by atoms with Crippen molar-refractivity contribution < 1.29 is 4.79 Å². The van der Waals surface area contributed by atoms with E-state index in [0.29, 0.717) is 11.4 Å². The van der Waals surface area contributed by atoms with Gasteiger partial charge in [0.2, 0.25) is 0 Å². The summed E-state index contributed by atoms with van der Waals surface area (Å²) in [5.41, 5.74) is 0.587. The van der Waals surface area contributed by atoms with Gasteiger partial charge >= 0.3 is 0 Å². The van der Waals surface area contributed by atoms with Crippen molar-refractivity contribution in [2.24, 2.45) is 5.92 Å². The number of amides is 1. The van der Waals surface area contributed by atoms with Crippen molar-refractivity contribution in [1.29, 1.82) is 0 Å². The molecule has 1 aromatic heterocycles. The van der Waals surface area contributed by atoms with Gasteiger partial charge in [0.15, 0.2) is 11.6 Å². The second-order valence-electron chi connectivity index (χ2n) is 5.91. The van der Waals surface area contributed by atoms with Crippen LogP contribution in [0.5, 0.6) is 0 Å². The monoisotopic (exact) mass is 374 g/mol. The molecule has 1 aromatic carbocycles. The summed E-state index contributed by atoms with van der Waals surface area (Å²) in [5.74, 6) is 1.93. The van der Waals surface area contributed by atoms with E-state index < -0.39 is 0 Å². The second kappa shape index (κ2) is 7.08. The SMILES string of the molecule is CC1CCN(c2ccc(NC(=O)c3ccc(Br)cc3)nn2)CC1. The number of nitrogens with zero attached hydrogens (tertiary/aromatic N) is 3. The van der Waals surface area contributed by atoms with Gasteiger partial charge in [0, 0.05) is 23.1 Å². The Labute approximate surface area is 144 Å². The van der Waals surface area contributed by atoms with Gasteiger partial charge in [0.25, 0.3) is 5.91 Å². The largest absolute Gasteiger partial charge is 0.355 e. The third kappa shape index (κ3) is 4.07. The summed E-state index contributed by atoms with van der Waals surface area (Å²) in [6, 6.07) is 10.9. The highest BCUT2D eigenvalue weighted by Crippen LogP contribution is 2.21. The number of benzene rings is 1. The lowest BCUT2D eigenvalue weighted by atomic mass is 9.99. The Kier molecular flexibility index (Phi) is 4.91. The van der Waals surface area contributed by atoms with E-state index in [-0.39, 0.29) is 5.91 Å². The molecule has 0 aliphatic carbocycles. The first-order valence-corrected chi connectivity index (χ1v) is 8.57. The van der Waals surface area contributed by atoms with Crippen LogP contribution in [0.1, 0.15) is 30.1 Å². The number of piperidine rings is 1. The highest BCUT2D eigenvalue weighted by molar-refractivity contribution is 9.10. The maximum absolute atomic E-state index is 12.1. The molecule has 1 fully saturated rings. The van der Waals surface area contributed by atoms with Crippen molar-refractivity contribution in [3.8, 4) is 0 Å². The molecule has 3 rings (SSSR count). The van der Waals surface area contributed by atoms with Crippen molar-refractivity contribution in [2.75, 3.05) is 23.3 Å². The van der Waals surface area contributed by atoms with E-state index in [1.807, 2.05) is 18.2 Å². The van der Waals surface area contributed by atoms with Gasteiger partial charge in [-0.15, -0.1) is 10.2 Å². The van der Waals surface area contributed by atoms with E-state index in [4.69, 9.17) is 0 Å². The molecule has 1 N–H and O–H groups in total. The van der Waals surface area contributed by atoms with E-state index in [9.17, 15) is 4.79 Å². The smallest absolute Gasteiger partial charge is 0.256 e. The van der Waals surface area contributed by atoms with Crippen molar-refractivity contribution in [2.45, 2.75) is 19.8 Å². The molecule has 0 bridgehead atoms. The molecule has 0 atom stereocenters. The topological polar surface area (TPSA) is 58.1 Å². The summed E-state index contributed by atoms with van der Waals surface area (Å²) in [6.45, 7) is 4.31. The van der Waals surface area contributed by atoms with Crippen molar-refractivity contribution in [3.05, 3.63) is 46.4 Å². The summed E-state index contributed by atoms with van der Waals surface area (Å²) in [4.78, 5) is 14.4. The zero-order valence-corrected chi connectivity index (χ0v) is 14.6. The molecule has 23 heavy (non-hydrogen) atoms. The lowest BCUT2D eigenvalue weighted by Gasteiger charge is -2.30. The zero-order chi connectivity index (χ0) is 16.2. The summed E-state index contributed by atoms with van der Waals surface area (Å²) >= 11 is 3.35. The van der Waals surface area contributed by atoms with E-state index in [2.05, 4.69) is 43.3 Å². The Morgan fingerprint density at radius 2 is 1.83 bits per heavy atom. The van der Waals surface area contributed by atoms with Crippen LogP contribution in [-0.4, -0.2) is 29.2 Å². The van der Waals surface area contributed by atoms with Gasteiger partial charge in [0.05, 0.1) is 0 Å². The molecule has 1 aliphatic heterocycles. The standard InChI is InChI=1S/C17H19BrN4O/c1-12-8-10-22(11-9-12)16-7-6-15(20-21-16)19-17(23)13-2-4-14(18)5-3-13/h2-7,12H,8-11H2,1H3,(H,19,20,23). The van der Waals surface area contributed by atoms with Crippen molar-refractivity contribution >= 4 is 33.5 Å². The molecule has 1 amide bonds. The first-order valence-electron chi connectivity index (χ1n) is 7.77. The van der Waals surface area contributed by atoms with Gasteiger partial charge in [-0.05, 0) is 55.2 Å². The number of nitrogens with one attached hydrogen (secondary N) is 1. The normalized spacial score (nSPS) is 15.5. The summed E-state index contributed by atoms with van der Waals surface area (Å²) in [5, 5.41) is 11.1. The number of carbonyl (C=O) groups is 1. The van der Waals surface area contributed by atoms with Gasteiger partial charge in [-0.2, -0.15) is 0 Å². The molecule has 6 heteroatoms. The summed E-state index contributed by atoms with van der Waals surface area (Å²) in [6.07, 6.45) is 2.37. The Hall–Kier alpha value is -1.95. The quantitative estimate of drug-likeness (QED) is 0.888. The fourth-order valence-electron chi connectivity index (χ4n) is 2.59. The predicted molar refractivity (Wildman–Crippen MR) is 94.7 cm³/mol. The minimum Gasteiger partial charge on any atom is -0.355 e. The lowest BCUT2D eigenvalue weighted by molar-refractivity contribution is 0.102. The molecule has 120 valence electrons. The third-order valence-electron chi connectivity index (χ3n) is 4.11. The fourth-order valence-corrected chi connectivity index (χ4v) is 2.85. The number of halogens is 1. The van der Waals surface area contributed by atoms with Crippen LogP contribution in [0.2, 0.25) is 0 Å². The minimum atomic E-state index is -0.189. The fraction of sp³-hybridized carbons (Fsp3) is 0.353. The predicted octanol–water partition coefficient (Wildman–Crippen LogP) is 3.73. The molecule has 5 nitrogen and oxygen atoms in total. The Bertz CT molecular complexity index is 664. The van der Waals surface area contributed by atoms with Gasteiger partial charge in [-0.25, -0.2) is 0 Å². The molecule has 0 unspecified atom stereocenters. The molecule has 0 radical (unpaired) electrons. The van der Waals surface area contributed by atoms with E-state index >= 15 is 0 Å². The molecular weight excluding hydrogens is 356 g/mol. The van der Waals surface area contributed by atoms with Gasteiger partial charge in [0.1, 0.15) is 0 Å². The number of rotatable bonds is 3. The second-order valence-corrected chi connectivity index (χ2v) is 6.82. The van der Waals surface area contributed by atoms with Crippen LogP contribution in [-0.2, 0) is 0 Å². The molecule has 0 saturated carbocycles. The molecule has 1 aliphatic rings. The molecular formula is C17H19BrN4O. The summed E-state index contributed by atoms with van der Waals surface area (Å²) < 4.78 is 0.939. The van der Waals surface area contributed by atoms with Crippen LogP contribution in [0.25, 0.3) is 0 Å². The number of carbonyl (C=O) groups excluding carboxylic acids is 1. The maximum Gasteiger partial charge on any atom is 0.256 e. The average molecular weight is 375 g/mol. The third-order valence-corrected chi connectivity index (χ3v) is 4.63.